The van der Waals surface area contributed by atoms with Crippen LogP contribution in [0.4, 0.5) is 23.1 Å². The quantitative estimate of drug-likeness (QED) is 0.599. The van der Waals surface area contributed by atoms with E-state index < -0.39 is 0 Å². The number of nitrogens with zero attached hydrogens (tertiary/aromatic N) is 3. The van der Waals surface area contributed by atoms with Crippen LogP contribution >= 0.6 is 0 Å². The summed E-state index contributed by atoms with van der Waals surface area (Å²) in [5.74, 6) is 4.43. The summed E-state index contributed by atoms with van der Waals surface area (Å²) in [5.41, 5.74) is 3.02. The van der Waals surface area contributed by atoms with Crippen LogP contribution in [0.25, 0.3) is 0 Å². The molecule has 174 valence electrons. The summed E-state index contributed by atoms with van der Waals surface area (Å²) < 4.78 is 0. The first-order valence-electron chi connectivity index (χ1n) is 12.8. The van der Waals surface area contributed by atoms with Crippen LogP contribution in [0.2, 0.25) is 0 Å². The van der Waals surface area contributed by atoms with E-state index in [1.165, 1.54) is 51.4 Å². The third-order valence-corrected chi connectivity index (χ3v) is 8.40. The number of hydrogen-bond acceptors (Lipinski definition) is 5. The number of hydrogen-bond donors (Lipinski definition) is 2. The predicted molar refractivity (Wildman–Crippen MR) is 132 cm³/mol. The molecule has 1 aliphatic heterocycles. The second-order valence-electron chi connectivity index (χ2n) is 11.2. The molecule has 2 aromatic rings. The first-order chi connectivity index (χ1) is 16.0. The lowest BCUT2D eigenvalue weighted by Gasteiger charge is -2.56. The van der Waals surface area contributed by atoms with Gasteiger partial charge in [-0.05, 0) is 106 Å². The highest BCUT2D eigenvalue weighted by molar-refractivity contribution is 5.91. The maximum Gasteiger partial charge on any atom is 0.229 e. The van der Waals surface area contributed by atoms with Crippen LogP contribution < -0.4 is 15.5 Å². The Kier molecular flexibility index (Phi) is 5.27. The molecule has 2 N–H and O–H groups in total. The van der Waals surface area contributed by atoms with E-state index in [2.05, 4.69) is 26.6 Å². The fourth-order valence-corrected chi connectivity index (χ4v) is 7.53. The molecular formula is C27H35N5O. The minimum Gasteiger partial charge on any atom is -0.356 e. The van der Waals surface area contributed by atoms with Crippen molar-refractivity contribution in [2.24, 2.45) is 23.2 Å². The zero-order valence-corrected chi connectivity index (χ0v) is 19.6. The van der Waals surface area contributed by atoms with Crippen LogP contribution in [-0.4, -0.2) is 29.0 Å². The van der Waals surface area contributed by atoms with Gasteiger partial charge in [0, 0.05) is 42.6 Å². The van der Waals surface area contributed by atoms with Crippen molar-refractivity contribution >= 4 is 29.0 Å². The monoisotopic (exact) mass is 445 g/mol. The number of carbonyl (C=O) groups excluding carboxylic acids is 1. The molecule has 0 unspecified atom stereocenters. The molecule has 5 fully saturated rings. The molecule has 1 aromatic heterocycles. The standard InChI is InChI=1S/C27H35N5O/c1-18-10-24(32-8-2-3-9-32)31-26(28-18)30-23-6-4-22(5-7-23)29-25(33)17-27-14-19-11-20(15-27)13-21(12-19)16-27/h4-7,10,19-21H,2-3,8-9,11-17H2,1H3,(H,29,33)(H,28,30,31). The molecule has 2 heterocycles. The highest BCUT2D eigenvalue weighted by atomic mass is 16.1. The third kappa shape index (κ3) is 4.44. The van der Waals surface area contributed by atoms with Gasteiger partial charge in [0.1, 0.15) is 5.82 Å². The molecule has 6 heteroatoms. The molecule has 1 amide bonds. The maximum atomic E-state index is 12.9. The molecule has 6 nitrogen and oxygen atoms in total. The van der Waals surface area contributed by atoms with Gasteiger partial charge < -0.3 is 15.5 Å². The Balaban J connectivity index is 1.08. The molecule has 1 aromatic carbocycles. The Morgan fingerprint density at radius 3 is 2.21 bits per heavy atom. The van der Waals surface area contributed by atoms with Gasteiger partial charge >= 0.3 is 0 Å². The van der Waals surface area contributed by atoms with E-state index >= 15 is 0 Å². The lowest BCUT2D eigenvalue weighted by atomic mass is 9.49. The normalized spacial score (nSPS) is 30.0. The third-order valence-electron chi connectivity index (χ3n) is 8.40. The number of carbonyl (C=O) groups is 1. The average Bonchev–Trinajstić information content (AvgIpc) is 3.28. The molecule has 4 saturated carbocycles. The summed E-state index contributed by atoms with van der Waals surface area (Å²) in [4.78, 5) is 24.5. The number of rotatable bonds is 6. The second-order valence-corrected chi connectivity index (χ2v) is 11.2. The first-order valence-corrected chi connectivity index (χ1v) is 12.8. The largest absolute Gasteiger partial charge is 0.356 e. The van der Waals surface area contributed by atoms with Crippen LogP contribution in [0, 0.1) is 30.1 Å². The average molecular weight is 446 g/mol. The van der Waals surface area contributed by atoms with E-state index in [-0.39, 0.29) is 11.3 Å². The van der Waals surface area contributed by atoms with Crippen LogP contribution in [0.5, 0.6) is 0 Å². The number of benzene rings is 1. The summed E-state index contributed by atoms with van der Waals surface area (Å²) in [5, 5.41) is 6.49. The fraction of sp³-hybridized carbons (Fsp3) is 0.593. The maximum absolute atomic E-state index is 12.9. The van der Waals surface area contributed by atoms with Crippen LogP contribution in [0.15, 0.2) is 30.3 Å². The van der Waals surface area contributed by atoms with Crippen molar-refractivity contribution in [3.05, 3.63) is 36.0 Å². The minimum atomic E-state index is 0.176. The molecule has 0 spiro atoms. The lowest BCUT2D eigenvalue weighted by Crippen LogP contribution is -2.47. The zero-order chi connectivity index (χ0) is 22.4. The van der Waals surface area contributed by atoms with Crippen LogP contribution in [0.3, 0.4) is 0 Å². The van der Waals surface area contributed by atoms with E-state index in [9.17, 15) is 4.79 Å². The summed E-state index contributed by atoms with van der Waals surface area (Å²) >= 11 is 0. The van der Waals surface area contributed by atoms with Crippen molar-refractivity contribution in [3.8, 4) is 0 Å². The van der Waals surface area contributed by atoms with Gasteiger partial charge in [0.2, 0.25) is 11.9 Å². The molecule has 0 atom stereocenters. The molecule has 5 aliphatic rings. The number of nitrogens with one attached hydrogen (secondary N) is 2. The molecule has 4 aliphatic carbocycles. The molecule has 1 saturated heterocycles. The van der Waals surface area contributed by atoms with E-state index in [1.54, 1.807) is 0 Å². The molecule has 33 heavy (non-hydrogen) atoms. The summed E-state index contributed by atoms with van der Waals surface area (Å²) in [6.45, 7) is 4.13. The van der Waals surface area contributed by atoms with E-state index in [0.29, 0.717) is 12.4 Å². The van der Waals surface area contributed by atoms with Gasteiger partial charge in [-0.3, -0.25) is 4.79 Å². The Bertz CT molecular complexity index is 992. The van der Waals surface area contributed by atoms with Gasteiger partial charge in [-0.2, -0.15) is 4.98 Å². The second kappa shape index (κ2) is 8.30. The SMILES string of the molecule is Cc1cc(N2CCCC2)nc(Nc2ccc(NC(=O)CC34CC5CC(CC(C5)C3)C4)cc2)n1. The van der Waals surface area contributed by atoms with Crippen LogP contribution in [0.1, 0.15) is 63.5 Å². The van der Waals surface area contributed by atoms with E-state index in [4.69, 9.17) is 4.98 Å². The zero-order valence-electron chi connectivity index (χ0n) is 19.6. The fourth-order valence-electron chi connectivity index (χ4n) is 7.53. The molecule has 0 radical (unpaired) electrons. The van der Waals surface area contributed by atoms with Crippen molar-refractivity contribution in [1.29, 1.82) is 0 Å². The van der Waals surface area contributed by atoms with Gasteiger partial charge in [0.15, 0.2) is 0 Å². The highest BCUT2D eigenvalue weighted by Gasteiger charge is 2.51. The van der Waals surface area contributed by atoms with Gasteiger partial charge in [0.25, 0.3) is 0 Å². The molecule has 4 bridgehead atoms. The van der Waals surface area contributed by atoms with Gasteiger partial charge in [-0.1, -0.05) is 0 Å². The topological polar surface area (TPSA) is 70.2 Å². The summed E-state index contributed by atoms with van der Waals surface area (Å²) in [7, 11) is 0. The van der Waals surface area contributed by atoms with Crippen LogP contribution in [-0.2, 0) is 4.79 Å². The Hall–Kier alpha value is -2.63. The van der Waals surface area contributed by atoms with Crippen molar-refractivity contribution in [2.75, 3.05) is 28.6 Å². The molecule has 7 rings (SSSR count). The smallest absolute Gasteiger partial charge is 0.229 e. The number of aromatic nitrogens is 2. The number of aryl methyl sites for hydroxylation is 1. The minimum absolute atomic E-state index is 0.176. The Morgan fingerprint density at radius 1 is 0.970 bits per heavy atom. The number of anilines is 4. The van der Waals surface area contributed by atoms with Crippen molar-refractivity contribution < 1.29 is 4.79 Å². The summed E-state index contributed by atoms with van der Waals surface area (Å²) in [6.07, 6.45) is 11.2. The van der Waals surface area contributed by atoms with Gasteiger partial charge in [-0.15, -0.1) is 0 Å². The van der Waals surface area contributed by atoms with Crippen molar-refractivity contribution in [2.45, 2.75) is 64.7 Å². The first kappa shape index (κ1) is 20.9. The Morgan fingerprint density at radius 2 is 1.58 bits per heavy atom. The predicted octanol–water partition coefficient (Wildman–Crippen LogP) is 5.67. The summed E-state index contributed by atoms with van der Waals surface area (Å²) in [6, 6.07) is 9.97. The van der Waals surface area contributed by atoms with E-state index in [1.807, 2.05) is 31.2 Å². The van der Waals surface area contributed by atoms with Crippen molar-refractivity contribution in [3.63, 3.8) is 0 Å². The van der Waals surface area contributed by atoms with E-state index in [0.717, 1.165) is 53.7 Å². The highest BCUT2D eigenvalue weighted by Crippen LogP contribution is 2.61. The van der Waals surface area contributed by atoms with Crippen molar-refractivity contribution in [1.82, 2.24) is 9.97 Å². The molecular weight excluding hydrogens is 410 g/mol. The van der Waals surface area contributed by atoms with Gasteiger partial charge in [-0.25, -0.2) is 4.98 Å². The number of amides is 1. The Labute approximate surface area is 196 Å². The van der Waals surface area contributed by atoms with Gasteiger partial charge in [0.05, 0.1) is 0 Å². The lowest BCUT2D eigenvalue weighted by molar-refractivity contribution is -0.124.